The van der Waals surface area contributed by atoms with Gasteiger partial charge < -0.3 is 14.6 Å². The Bertz CT molecular complexity index is 646. The van der Waals surface area contributed by atoms with Crippen molar-refractivity contribution in [2.75, 3.05) is 14.2 Å². The Morgan fingerprint density at radius 2 is 1.81 bits per heavy atom. The number of aliphatic hydroxyl groups excluding tert-OH is 1. The minimum atomic E-state index is -0.844. The molecule has 0 amide bonds. The van der Waals surface area contributed by atoms with Gasteiger partial charge >= 0.3 is 11.9 Å². The third-order valence-corrected chi connectivity index (χ3v) is 4.44. The lowest BCUT2D eigenvalue weighted by molar-refractivity contribution is -0.146. The maximum atomic E-state index is 12.1. The summed E-state index contributed by atoms with van der Waals surface area (Å²) in [4.78, 5) is 24.1. The fourth-order valence-corrected chi connectivity index (χ4v) is 3.56. The number of carbonyl (C=O) groups is 2. The summed E-state index contributed by atoms with van der Waals surface area (Å²) >= 11 is 0. The predicted molar refractivity (Wildman–Crippen MR) is 73.7 cm³/mol. The van der Waals surface area contributed by atoms with E-state index in [-0.39, 0.29) is 23.2 Å². The number of aliphatic hydroxyl groups is 1. The molecular formula is C16H16O5. The van der Waals surface area contributed by atoms with Crippen molar-refractivity contribution < 1.29 is 24.2 Å². The average Bonchev–Trinajstić information content (AvgIpc) is 2.83. The lowest BCUT2D eigenvalue weighted by Gasteiger charge is -2.28. The van der Waals surface area contributed by atoms with E-state index in [1.54, 1.807) is 0 Å². The lowest BCUT2D eigenvalue weighted by atomic mass is 9.77. The van der Waals surface area contributed by atoms with E-state index in [0.717, 1.165) is 11.1 Å². The van der Waals surface area contributed by atoms with E-state index in [0.29, 0.717) is 6.42 Å². The maximum Gasteiger partial charge on any atom is 0.337 e. The van der Waals surface area contributed by atoms with Crippen LogP contribution in [0.1, 0.15) is 29.4 Å². The number of ether oxygens (including phenoxy) is 2. The zero-order valence-electron chi connectivity index (χ0n) is 11.8. The molecule has 3 atom stereocenters. The Kier molecular flexibility index (Phi) is 3.20. The molecule has 5 nitrogen and oxygen atoms in total. The van der Waals surface area contributed by atoms with Gasteiger partial charge in [0.2, 0.25) is 0 Å². The van der Waals surface area contributed by atoms with Crippen molar-refractivity contribution in [3.8, 4) is 0 Å². The molecule has 2 aliphatic rings. The smallest absolute Gasteiger partial charge is 0.337 e. The number of esters is 2. The third-order valence-electron chi connectivity index (χ3n) is 4.44. The van der Waals surface area contributed by atoms with Crippen molar-refractivity contribution in [2.45, 2.75) is 18.3 Å². The van der Waals surface area contributed by atoms with Crippen LogP contribution in [0.2, 0.25) is 0 Å². The Balaban J connectivity index is 2.20. The quantitative estimate of drug-likeness (QED) is 0.843. The zero-order chi connectivity index (χ0) is 15.1. The van der Waals surface area contributed by atoms with Crippen LogP contribution >= 0.6 is 0 Å². The number of rotatable bonds is 2. The molecule has 0 spiro atoms. The van der Waals surface area contributed by atoms with Crippen molar-refractivity contribution in [1.82, 2.24) is 0 Å². The second kappa shape index (κ2) is 4.91. The molecule has 0 saturated heterocycles. The summed E-state index contributed by atoms with van der Waals surface area (Å²) in [6, 6.07) is 7.64. The van der Waals surface area contributed by atoms with Gasteiger partial charge in [-0.25, -0.2) is 4.79 Å². The van der Waals surface area contributed by atoms with Crippen LogP contribution in [0.25, 0.3) is 0 Å². The van der Waals surface area contributed by atoms with Crippen LogP contribution in [0, 0.1) is 5.92 Å². The second-order valence-electron chi connectivity index (χ2n) is 5.32. The van der Waals surface area contributed by atoms with Crippen molar-refractivity contribution in [2.24, 2.45) is 5.92 Å². The third kappa shape index (κ3) is 1.84. The highest BCUT2D eigenvalue weighted by Crippen LogP contribution is 2.55. The van der Waals surface area contributed by atoms with Gasteiger partial charge in [-0.05, 0) is 17.5 Å². The molecule has 0 saturated carbocycles. The van der Waals surface area contributed by atoms with Crippen molar-refractivity contribution in [3.05, 3.63) is 46.7 Å². The van der Waals surface area contributed by atoms with Crippen LogP contribution in [0.4, 0.5) is 0 Å². The first-order valence-corrected chi connectivity index (χ1v) is 6.78. The number of benzene rings is 1. The van der Waals surface area contributed by atoms with Crippen molar-refractivity contribution >= 4 is 11.9 Å². The van der Waals surface area contributed by atoms with E-state index in [9.17, 15) is 14.7 Å². The first-order chi connectivity index (χ1) is 10.1. The summed E-state index contributed by atoms with van der Waals surface area (Å²) in [5, 5.41) is 10.5. The zero-order valence-corrected chi connectivity index (χ0v) is 11.8. The molecule has 1 aromatic rings. The standard InChI is InChI=1S/C16H16O5/c1-20-15(18)12-10-7-11(9-6-4-3-5-8(9)10)13(14(12)17)16(19)21-2/h3-6,10-12,17H,7H2,1-2H3/t10-,11+,12-/m1/s1. The van der Waals surface area contributed by atoms with Crippen LogP contribution in [-0.2, 0) is 19.1 Å². The molecule has 2 aliphatic carbocycles. The molecule has 110 valence electrons. The largest absolute Gasteiger partial charge is 0.511 e. The minimum Gasteiger partial charge on any atom is -0.511 e. The van der Waals surface area contributed by atoms with Crippen molar-refractivity contribution in [1.29, 1.82) is 0 Å². The summed E-state index contributed by atoms with van der Waals surface area (Å²) in [6.45, 7) is 0. The van der Waals surface area contributed by atoms with Gasteiger partial charge in [0, 0.05) is 11.8 Å². The lowest BCUT2D eigenvalue weighted by Crippen LogP contribution is -2.31. The Labute approximate surface area is 122 Å². The Morgan fingerprint density at radius 1 is 1.14 bits per heavy atom. The molecule has 0 fully saturated rings. The number of methoxy groups -OCH3 is 2. The molecule has 2 bridgehead atoms. The molecule has 0 unspecified atom stereocenters. The van der Waals surface area contributed by atoms with Gasteiger partial charge in [0.15, 0.2) is 0 Å². The van der Waals surface area contributed by atoms with Crippen LogP contribution < -0.4 is 0 Å². The van der Waals surface area contributed by atoms with Crippen molar-refractivity contribution in [3.63, 3.8) is 0 Å². The van der Waals surface area contributed by atoms with Gasteiger partial charge in [0.1, 0.15) is 11.7 Å². The van der Waals surface area contributed by atoms with Crippen LogP contribution in [0.3, 0.4) is 0 Å². The summed E-state index contributed by atoms with van der Waals surface area (Å²) in [5.41, 5.74) is 2.14. The number of fused-ring (bicyclic) bond motifs is 5. The Hall–Kier alpha value is -2.30. The van der Waals surface area contributed by atoms with E-state index < -0.39 is 17.9 Å². The van der Waals surface area contributed by atoms with Gasteiger partial charge in [0.25, 0.3) is 0 Å². The fraction of sp³-hybridized carbons (Fsp3) is 0.375. The minimum absolute atomic E-state index is 0.160. The SMILES string of the molecule is COC(=O)C1=C(O)[C@H](C(=O)OC)[C@@H]2C[C@H]1c1ccccc12. The van der Waals surface area contributed by atoms with E-state index in [2.05, 4.69) is 0 Å². The van der Waals surface area contributed by atoms with E-state index in [4.69, 9.17) is 9.47 Å². The van der Waals surface area contributed by atoms with Crippen LogP contribution in [0.5, 0.6) is 0 Å². The highest BCUT2D eigenvalue weighted by Gasteiger charge is 2.50. The molecule has 0 aromatic heterocycles. The Morgan fingerprint density at radius 3 is 2.43 bits per heavy atom. The fourth-order valence-electron chi connectivity index (χ4n) is 3.56. The van der Waals surface area contributed by atoms with Gasteiger partial charge in [-0.1, -0.05) is 24.3 Å². The molecule has 0 aliphatic heterocycles. The second-order valence-corrected chi connectivity index (χ2v) is 5.32. The molecule has 21 heavy (non-hydrogen) atoms. The summed E-state index contributed by atoms with van der Waals surface area (Å²) in [5.74, 6) is -2.57. The van der Waals surface area contributed by atoms with Gasteiger partial charge in [-0.3, -0.25) is 4.79 Å². The molecular weight excluding hydrogens is 272 g/mol. The van der Waals surface area contributed by atoms with Gasteiger partial charge in [0.05, 0.1) is 19.8 Å². The van der Waals surface area contributed by atoms with Gasteiger partial charge in [-0.2, -0.15) is 0 Å². The highest BCUT2D eigenvalue weighted by atomic mass is 16.5. The van der Waals surface area contributed by atoms with Crippen LogP contribution in [0.15, 0.2) is 35.6 Å². The topological polar surface area (TPSA) is 72.8 Å². The molecule has 1 aromatic carbocycles. The monoisotopic (exact) mass is 288 g/mol. The number of hydrogen-bond donors (Lipinski definition) is 1. The van der Waals surface area contributed by atoms with E-state index >= 15 is 0 Å². The molecule has 3 rings (SSSR count). The molecule has 0 heterocycles. The maximum absolute atomic E-state index is 12.1. The number of carbonyl (C=O) groups excluding carboxylic acids is 2. The summed E-state index contributed by atoms with van der Waals surface area (Å²) in [7, 11) is 2.54. The summed E-state index contributed by atoms with van der Waals surface area (Å²) in [6.07, 6.45) is 0.605. The average molecular weight is 288 g/mol. The first-order valence-electron chi connectivity index (χ1n) is 6.78. The molecule has 5 heteroatoms. The van der Waals surface area contributed by atoms with E-state index in [1.165, 1.54) is 14.2 Å². The first kappa shape index (κ1) is 13.7. The normalized spacial score (nSPS) is 26.3. The highest BCUT2D eigenvalue weighted by molar-refractivity contribution is 5.94. The molecule has 0 radical (unpaired) electrons. The van der Waals surface area contributed by atoms with E-state index in [1.807, 2.05) is 24.3 Å². The van der Waals surface area contributed by atoms with Gasteiger partial charge in [-0.15, -0.1) is 0 Å². The molecule has 1 N–H and O–H groups in total. The predicted octanol–water partition coefficient (Wildman–Crippen LogP) is 2.05. The summed E-state index contributed by atoms with van der Waals surface area (Å²) < 4.78 is 9.58. The number of hydrogen-bond acceptors (Lipinski definition) is 5. The van der Waals surface area contributed by atoms with Crippen LogP contribution in [-0.4, -0.2) is 31.3 Å².